The van der Waals surface area contributed by atoms with E-state index >= 15 is 0 Å². The lowest BCUT2D eigenvalue weighted by atomic mass is 10.0. The summed E-state index contributed by atoms with van der Waals surface area (Å²) in [6, 6.07) is 42.8. The molecule has 14 nitrogen and oxygen atoms in total. The van der Waals surface area contributed by atoms with E-state index in [1.165, 1.54) is 34.1 Å². The van der Waals surface area contributed by atoms with Crippen molar-refractivity contribution in [3.8, 4) is 0 Å². The molecule has 8 amide bonds. The van der Waals surface area contributed by atoms with Gasteiger partial charge in [-0.25, -0.2) is 19.6 Å². The fraction of sp³-hybridized carbons (Fsp3) is 0.127. The van der Waals surface area contributed by atoms with Gasteiger partial charge in [-0.2, -0.15) is 0 Å². The largest absolute Gasteiger partial charge is 0.373 e. The topological polar surface area (TPSA) is 174 Å². The number of nitrogens with zero attached hydrogens (tertiary/aromatic N) is 4. The monoisotopic (exact) mass is 914 g/mol. The molecule has 2 atom stereocenters. The van der Waals surface area contributed by atoms with Crippen LogP contribution in [0.5, 0.6) is 0 Å². The summed E-state index contributed by atoms with van der Waals surface area (Å²) in [5, 5.41) is 6.45. The summed E-state index contributed by atoms with van der Waals surface area (Å²) in [4.78, 5) is 106. The third-order valence-corrected chi connectivity index (χ3v) is 12.5. The first-order valence-electron chi connectivity index (χ1n) is 22.4. The SMILES string of the molecule is O=C1C=CC(=O)N1c1ccc(Cc2ccc(N3C(=O)CC(Nc4ccc(Cc5ccc(NC6CC(=O)N(c7ccc(Cc8ccc(N9C(=O)C=CC9=O)cc8)cc7)C6=O)cc5)cc4)C3=O)cc2)cc1. The molecule has 2 N–H and O–H groups in total. The molecule has 14 heteroatoms. The van der Waals surface area contributed by atoms with E-state index in [9.17, 15) is 38.4 Å². The van der Waals surface area contributed by atoms with E-state index in [2.05, 4.69) is 10.6 Å². The first-order chi connectivity index (χ1) is 33.4. The van der Waals surface area contributed by atoms with Crippen molar-refractivity contribution in [2.24, 2.45) is 0 Å². The van der Waals surface area contributed by atoms with Crippen LogP contribution < -0.4 is 30.2 Å². The Balaban J connectivity index is 0.686. The van der Waals surface area contributed by atoms with Gasteiger partial charge in [0.2, 0.25) is 11.8 Å². The zero-order chi connectivity index (χ0) is 47.8. The van der Waals surface area contributed by atoms with E-state index in [4.69, 9.17) is 0 Å². The number of carbonyl (C=O) groups excluding carboxylic acids is 8. The van der Waals surface area contributed by atoms with Crippen molar-refractivity contribution in [2.75, 3.05) is 30.2 Å². The van der Waals surface area contributed by atoms with E-state index in [-0.39, 0.29) is 60.1 Å². The molecule has 4 aliphatic heterocycles. The van der Waals surface area contributed by atoms with Gasteiger partial charge in [0.15, 0.2) is 0 Å². The molecular formula is C55H42N6O8. The minimum absolute atomic E-state index is 0.0193. The maximum atomic E-state index is 13.5. The van der Waals surface area contributed by atoms with E-state index in [0.717, 1.165) is 43.2 Å². The first-order valence-corrected chi connectivity index (χ1v) is 22.4. The third-order valence-electron chi connectivity index (χ3n) is 12.5. The summed E-state index contributed by atoms with van der Waals surface area (Å²) in [6.07, 6.45) is 6.81. The molecule has 6 aromatic rings. The Bertz CT molecular complexity index is 2880. The molecular weight excluding hydrogens is 873 g/mol. The summed E-state index contributed by atoms with van der Waals surface area (Å²) in [5.74, 6) is -2.74. The Kier molecular flexibility index (Phi) is 11.6. The maximum absolute atomic E-state index is 13.5. The highest BCUT2D eigenvalue weighted by molar-refractivity contribution is 6.29. The second kappa shape index (κ2) is 18.3. The summed E-state index contributed by atoms with van der Waals surface area (Å²) in [6.45, 7) is 0. The number of carbonyl (C=O) groups is 8. The Morgan fingerprint density at radius 2 is 0.551 bits per heavy atom. The lowest BCUT2D eigenvalue weighted by molar-refractivity contribution is -0.123. The first kappa shape index (κ1) is 43.8. The van der Waals surface area contributed by atoms with Crippen molar-refractivity contribution < 1.29 is 38.4 Å². The van der Waals surface area contributed by atoms with Gasteiger partial charge in [0.1, 0.15) is 12.1 Å². The van der Waals surface area contributed by atoms with Crippen LogP contribution in [0.3, 0.4) is 0 Å². The third kappa shape index (κ3) is 9.10. The van der Waals surface area contributed by atoms with Crippen molar-refractivity contribution in [3.05, 3.63) is 203 Å². The molecule has 6 aromatic carbocycles. The van der Waals surface area contributed by atoms with Gasteiger partial charge in [-0.05, 0) is 125 Å². The quantitative estimate of drug-likeness (QED) is 0.111. The van der Waals surface area contributed by atoms with Crippen molar-refractivity contribution in [3.63, 3.8) is 0 Å². The van der Waals surface area contributed by atoms with Crippen molar-refractivity contribution in [1.29, 1.82) is 0 Å². The van der Waals surface area contributed by atoms with Crippen LogP contribution in [0.15, 0.2) is 170 Å². The predicted molar refractivity (Wildman–Crippen MR) is 259 cm³/mol. The zero-order valence-electron chi connectivity index (χ0n) is 36.9. The van der Waals surface area contributed by atoms with E-state index in [1.54, 1.807) is 48.5 Å². The summed E-state index contributed by atoms with van der Waals surface area (Å²) >= 11 is 0. The predicted octanol–water partition coefficient (Wildman–Crippen LogP) is 6.81. The number of amides is 8. The van der Waals surface area contributed by atoms with Gasteiger partial charge in [-0.1, -0.05) is 72.8 Å². The highest BCUT2D eigenvalue weighted by Crippen LogP contribution is 2.30. The van der Waals surface area contributed by atoms with Crippen LogP contribution in [-0.4, -0.2) is 59.3 Å². The van der Waals surface area contributed by atoms with E-state index in [1.807, 2.05) is 97.1 Å². The number of hydrogen-bond donors (Lipinski definition) is 2. The second-order valence-electron chi connectivity index (χ2n) is 17.2. The van der Waals surface area contributed by atoms with Crippen molar-refractivity contribution in [2.45, 2.75) is 44.2 Å². The van der Waals surface area contributed by atoms with Crippen molar-refractivity contribution >= 4 is 81.4 Å². The Labute approximate surface area is 396 Å². The lowest BCUT2D eigenvalue weighted by Crippen LogP contribution is -2.34. The van der Waals surface area contributed by atoms with Gasteiger partial charge in [0.25, 0.3) is 35.4 Å². The molecule has 2 saturated heterocycles. The average molecular weight is 915 g/mol. The van der Waals surface area contributed by atoms with Gasteiger partial charge in [-0.3, -0.25) is 38.4 Å². The van der Waals surface area contributed by atoms with Crippen LogP contribution in [0.25, 0.3) is 0 Å². The molecule has 0 bridgehead atoms. The Hall–Kier alpha value is -9.04. The minimum atomic E-state index is -0.717. The van der Waals surface area contributed by atoms with Crippen LogP contribution in [-0.2, 0) is 57.6 Å². The zero-order valence-corrected chi connectivity index (χ0v) is 36.9. The molecule has 0 radical (unpaired) electrons. The normalized spacial score (nSPS) is 17.9. The number of imide groups is 4. The average Bonchev–Trinajstić information content (AvgIpc) is 4.05. The van der Waals surface area contributed by atoms with E-state index < -0.39 is 12.1 Å². The molecule has 0 spiro atoms. The molecule has 0 saturated carbocycles. The second-order valence-corrected chi connectivity index (χ2v) is 17.2. The molecule has 340 valence electrons. The number of hydrogen-bond acceptors (Lipinski definition) is 10. The fourth-order valence-corrected chi connectivity index (χ4v) is 8.94. The Morgan fingerprint density at radius 1 is 0.319 bits per heavy atom. The van der Waals surface area contributed by atoms with Gasteiger partial charge in [0, 0.05) is 35.7 Å². The van der Waals surface area contributed by atoms with Crippen LogP contribution in [0.2, 0.25) is 0 Å². The molecule has 4 aliphatic rings. The van der Waals surface area contributed by atoms with Crippen LogP contribution in [0, 0.1) is 0 Å². The van der Waals surface area contributed by atoms with E-state index in [0.29, 0.717) is 53.4 Å². The van der Waals surface area contributed by atoms with Gasteiger partial charge in [-0.15, -0.1) is 0 Å². The molecule has 69 heavy (non-hydrogen) atoms. The molecule has 0 aliphatic carbocycles. The molecule has 4 heterocycles. The molecule has 2 fully saturated rings. The maximum Gasteiger partial charge on any atom is 0.258 e. The Morgan fingerprint density at radius 3 is 0.812 bits per heavy atom. The standard InChI is InChI=1S/C55H42N6O8/c62-48-25-26-49(63)58(48)42-17-5-36(6-18-42)30-38-9-21-44(22-10-38)60-52(66)32-46(54(60)68)56-40-13-1-34(2-14-40)29-35-3-15-41(16-4-35)57-47-33-53(67)61(55(47)69)45-23-11-39(12-24-45)31-37-7-19-43(20-8-37)59-50(64)27-28-51(59)65/h1-28,46-47,56-57H,29-33H2. The molecule has 2 unspecified atom stereocenters. The number of rotatable bonds is 14. The van der Waals surface area contributed by atoms with Crippen LogP contribution >= 0.6 is 0 Å². The summed E-state index contributed by atoms with van der Waals surface area (Å²) in [5.41, 5.74) is 9.33. The van der Waals surface area contributed by atoms with Crippen LogP contribution in [0.1, 0.15) is 46.2 Å². The number of benzene rings is 6. The minimum Gasteiger partial charge on any atom is -0.373 e. The van der Waals surface area contributed by atoms with Crippen molar-refractivity contribution in [1.82, 2.24) is 0 Å². The smallest absolute Gasteiger partial charge is 0.258 e. The summed E-state index contributed by atoms with van der Waals surface area (Å²) in [7, 11) is 0. The highest BCUT2D eigenvalue weighted by Gasteiger charge is 2.41. The number of anilines is 6. The highest BCUT2D eigenvalue weighted by atomic mass is 16.2. The van der Waals surface area contributed by atoms with Gasteiger partial charge < -0.3 is 10.6 Å². The van der Waals surface area contributed by atoms with Gasteiger partial charge >= 0.3 is 0 Å². The van der Waals surface area contributed by atoms with Gasteiger partial charge in [0.05, 0.1) is 35.6 Å². The van der Waals surface area contributed by atoms with Crippen LogP contribution in [0.4, 0.5) is 34.1 Å². The number of nitrogens with one attached hydrogen (secondary N) is 2. The molecule has 0 aromatic heterocycles. The lowest BCUT2D eigenvalue weighted by Gasteiger charge is -2.17. The summed E-state index contributed by atoms with van der Waals surface area (Å²) < 4.78 is 0. The fourth-order valence-electron chi connectivity index (χ4n) is 8.94. The molecule has 10 rings (SSSR count).